The van der Waals surface area contributed by atoms with Crippen molar-refractivity contribution in [3.8, 4) is 11.6 Å². The highest BCUT2D eigenvalue weighted by Gasteiger charge is 2.10. The smallest absolute Gasteiger partial charge is 0.227 e. The molecule has 18 heavy (non-hydrogen) atoms. The molecular weight excluding hydrogens is 257 g/mol. The van der Waals surface area contributed by atoms with Crippen molar-refractivity contribution in [2.45, 2.75) is 13.8 Å². The van der Waals surface area contributed by atoms with Crippen LogP contribution in [-0.2, 0) is 0 Å². The molecule has 2 aromatic rings. The number of nitrogens with zero attached hydrogens (tertiary/aromatic N) is 2. The third-order valence-corrected chi connectivity index (χ3v) is 2.66. The van der Waals surface area contributed by atoms with Crippen LogP contribution in [0.4, 0.5) is 10.2 Å². The minimum absolute atomic E-state index is 0.0393. The van der Waals surface area contributed by atoms with Gasteiger partial charge in [-0.3, -0.25) is 0 Å². The van der Waals surface area contributed by atoms with Crippen molar-refractivity contribution in [2.75, 3.05) is 5.73 Å². The molecule has 0 aliphatic carbocycles. The lowest BCUT2D eigenvalue weighted by Crippen LogP contribution is -2.02. The lowest BCUT2D eigenvalue weighted by Gasteiger charge is -2.10. The van der Waals surface area contributed by atoms with Crippen molar-refractivity contribution in [1.29, 1.82) is 0 Å². The van der Waals surface area contributed by atoms with Gasteiger partial charge in [-0.25, -0.2) is 9.37 Å². The SMILES string of the molecule is Cc1nc(N)c(C)c(Oc2ccc(Cl)c(F)c2)n1. The van der Waals surface area contributed by atoms with Gasteiger partial charge in [-0.1, -0.05) is 11.6 Å². The number of hydrogen-bond donors (Lipinski definition) is 1. The number of nitrogens with two attached hydrogens (primary N) is 1. The summed E-state index contributed by atoms with van der Waals surface area (Å²) < 4.78 is 18.7. The van der Waals surface area contributed by atoms with Gasteiger partial charge in [0.15, 0.2) is 0 Å². The Morgan fingerprint density at radius 1 is 1.28 bits per heavy atom. The third-order valence-electron chi connectivity index (χ3n) is 2.36. The molecule has 0 saturated heterocycles. The average Bonchev–Trinajstić information content (AvgIpc) is 2.30. The molecule has 0 amide bonds. The third kappa shape index (κ3) is 2.51. The Morgan fingerprint density at radius 2 is 2.00 bits per heavy atom. The normalized spacial score (nSPS) is 10.4. The van der Waals surface area contributed by atoms with E-state index in [0.717, 1.165) is 0 Å². The van der Waals surface area contributed by atoms with Crippen molar-refractivity contribution in [3.05, 3.63) is 40.4 Å². The molecule has 0 spiro atoms. The Bertz CT molecular complexity index is 604. The zero-order valence-electron chi connectivity index (χ0n) is 9.87. The maximum absolute atomic E-state index is 13.3. The molecule has 6 heteroatoms. The first-order chi connectivity index (χ1) is 8.47. The van der Waals surface area contributed by atoms with Crippen LogP contribution in [0.2, 0.25) is 5.02 Å². The van der Waals surface area contributed by atoms with E-state index in [9.17, 15) is 4.39 Å². The molecule has 0 aliphatic rings. The minimum Gasteiger partial charge on any atom is -0.438 e. The number of rotatable bonds is 2. The van der Waals surface area contributed by atoms with Gasteiger partial charge in [0.25, 0.3) is 0 Å². The van der Waals surface area contributed by atoms with Gasteiger partial charge in [0.2, 0.25) is 5.88 Å². The number of ether oxygens (including phenoxy) is 1. The highest BCUT2D eigenvalue weighted by molar-refractivity contribution is 6.30. The molecular formula is C12H11ClFN3O. The zero-order chi connectivity index (χ0) is 13.3. The Balaban J connectivity index is 2.36. The number of hydrogen-bond acceptors (Lipinski definition) is 4. The molecule has 0 atom stereocenters. The van der Waals surface area contributed by atoms with E-state index in [-0.39, 0.29) is 5.02 Å². The molecule has 0 unspecified atom stereocenters. The molecule has 2 N–H and O–H groups in total. The molecule has 0 bridgehead atoms. The molecule has 2 rings (SSSR count). The van der Waals surface area contributed by atoms with Gasteiger partial charge in [0, 0.05) is 6.07 Å². The molecule has 1 aromatic heterocycles. The van der Waals surface area contributed by atoms with Crippen LogP contribution in [0, 0.1) is 19.7 Å². The van der Waals surface area contributed by atoms with Gasteiger partial charge < -0.3 is 10.5 Å². The molecule has 94 valence electrons. The molecule has 1 heterocycles. The van der Waals surface area contributed by atoms with E-state index in [4.69, 9.17) is 22.1 Å². The van der Waals surface area contributed by atoms with Crippen LogP contribution >= 0.6 is 11.6 Å². The predicted molar refractivity (Wildman–Crippen MR) is 67.4 cm³/mol. The Kier molecular flexibility index (Phi) is 3.34. The van der Waals surface area contributed by atoms with Crippen LogP contribution < -0.4 is 10.5 Å². The van der Waals surface area contributed by atoms with Gasteiger partial charge in [-0.2, -0.15) is 4.98 Å². The fraction of sp³-hybridized carbons (Fsp3) is 0.167. The summed E-state index contributed by atoms with van der Waals surface area (Å²) in [6, 6.07) is 4.16. The highest BCUT2D eigenvalue weighted by atomic mass is 35.5. The summed E-state index contributed by atoms with van der Waals surface area (Å²) in [6.07, 6.45) is 0. The summed E-state index contributed by atoms with van der Waals surface area (Å²) in [5, 5.41) is 0.0393. The first-order valence-electron chi connectivity index (χ1n) is 5.21. The van der Waals surface area contributed by atoms with Crippen LogP contribution in [-0.4, -0.2) is 9.97 Å². The molecule has 0 radical (unpaired) electrons. The summed E-state index contributed by atoms with van der Waals surface area (Å²) in [6.45, 7) is 3.43. The van der Waals surface area contributed by atoms with Crippen LogP contribution in [0.25, 0.3) is 0 Å². The fourth-order valence-electron chi connectivity index (χ4n) is 1.37. The summed E-state index contributed by atoms with van der Waals surface area (Å²) in [5.41, 5.74) is 6.31. The Hall–Kier alpha value is -1.88. The summed E-state index contributed by atoms with van der Waals surface area (Å²) in [5.74, 6) is 0.888. The van der Waals surface area contributed by atoms with Gasteiger partial charge in [0.1, 0.15) is 23.2 Å². The quantitative estimate of drug-likeness (QED) is 0.907. The van der Waals surface area contributed by atoms with E-state index in [2.05, 4.69) is 9.97 Å². The maximum Gasteiger partial charge on any atom is 0.227 e. The number of anilines is 1. The van der Waals surface area contributed by atoms with Gasteiger partial charge in [-0.05, 0) is 26.0 Å². The van der Waals surface area contributed by atoms with Crippen LogP contribution in [0.15, 0.2) is 18.2 Å². The second-order valence-electron chi connectivity index (χ2n) is 3.76. The number of aryl methyl sites for hydroxylation is 1. The van der Waals surface area contributed by atoms with E-state index in [1.54, 1.807) is 19.9 Å². The average molecular weight is 268 g/mol. The second kappa shape index (κ2) is 4.78. The van der Waals surface area contributed by atoms with Crippen LogP contribution in [0.5, 0.6) is 11.6 Å². The van der Waals surface area contributed by atoms with E-state index in [1.807, 2.05) is 0 Å². The fourth-order valence-corrected chi connectivity index (χ4v) is 1.49. The lowest BCUT2D eigenvalue weighted by atomic mass is 10.3. The minimum atomic E-state index is -0.550. The van der Waals surface area contributed by atoms with Crippen molar-refractivity contribution >= 4 is 17.4 Å². The first-order valence-corrected chi connectivity index (χ1v) is 5.59. The standard InChI is InChI=1S/C12H11ClFN3O/c1-6-11(15)16-7(2)17-12(6)18-8-3-4-9(13)10(14)5-8/h3-5H,1-2H3,(H2,15,16,17). The van der Waals surface area contributed by atoms with Crippen molar-refractivity contribution in [1.82, 2.24) is 9.97 Å². The van der Waals surface area contributed by atoms with E-state index < -0.39 is 5.82 Å². The summed E-state index contributed by atoms with van der Waals surface area (Å²) >= 11 is 5.59. The monoisotopic (exact) mass is 267 g/mol. The Labute approximate surface area is 109 Å². The van der Waals surface area contributed by atoms with E-state index >= 15 is 0 Å². The zero-order valence-corrected chi connectivity index (χ0v) is 10.6. The molecule has 4 nitrogen and oxygen atoms in total. The molecule has 0 aliphatic heterocycles. The summed E-state index contributed by atoms with van der Waals surface area (Å²) in [4.78, 5) is 8.11. The van der Waals surface area contributed by atoms with Crippen LogP contribution in [0.3, 0.4) is 0 Å². The number of benzene rings is 1. The second-order valence-corrected chi connectivity index (χ2v) is 4.17. The number of aromatic nitrogens is 2. The number of halogens is 2. The Morgan fingerprint density at radius 3 is 2.67 bits per heavy atom. The van der Waals surface area contributed by atoms with E-state index in [1.165, 1.54) is 12.1 Å². The predicted octanol–water partition coefficient (Wildman–Crippen LogP) is 3.26. The van der Waals surface area contributed by atoms with Crippen LogP contribution in [0.1, 0.15) is 11.4 Å². The van der Waals surface area contributed by atoms with E-state index in [0.29, 0.717) is 28.8 Å². The first kappa shape index (κ1) is 12.6. The van der Waals surface area contributed by atoms with Crippen molar-refractivity contribution in [3.63, 3.8) is 0 Å². The maximum atomic E-state index is 13.3. The largest absolute Gasteiger partial charge is 0.438 e. The topological polar surface area (TPSA) is 61.0 Å². The molecule has 0 fully saturated rings. The van der Waals surface area contributed by atoms with Crippen molar-refractivity contribution in [2.24, 2.45) is 0 Å². The van der Waals surface area contributed by atoms with Gasteiger partial charge >= 0.3 is 0 Å². The molecule has 0 saturated carbocycles. The molecule has 1 aromatic carbocycles. The van der Waals surface area contributed by atoms with Gasteiger partial charge in [0.05, 0.1) is 10.6 Å². The van der Waals surface area contributed by atoms with Gasteiger partial charge in [-0.15, -0.1) is 0 Å². The van der Waals surface area contributed by atoms with Crippen molar-refractivity contribution < 1.29 is 9.13 Å². The lowest BCUT2D eigenvalue weighted by molar-refractivity contribution is 0.452. The summed E-state index contributed by atoms with van der Waals surface area (Å²) in [7, 11) is 0. The number of nitrogen functional groups attached to an aromatic ring is 1. The highest BCUT2D eigenvalue weighted by Crippen LogP contribution is 2.27.